The molecule has 6 nitrogen and oxygen atoms in total. The highest BCUT2D eigenvalue weighted by Crippen LogP contribution is 2.38. The predicted molar refractivity (Wildman–Crippen MR) is 154 cm³/mol. The second-order valence-electron chi connectivity index (χ2n) is 10.0. The van der Waals surface area contributed by atoms with E-state index in [4.69, 9.17) is 5.10 Å². The molecule has 3 aromatic carbocycles. The molecule has 2 aromatic heterocycles. The highest BCUT2D eigenvalue weighted by Gasteiger charge is 2.35. The molecule has 3 heterocycles. The molecule has 196 valence electrons. The van der Waals surface area contributed by atoms with Crippen LogP contribution in [0.15, 0.2) is 103 Å². The maximum atomic E-state index is 14.0. The van der Waals surface area contributed by atoms with Gasteiger partial charge in [-0.25, -0.2) is 9.48 Å². The fourth-order valence-electron chi connectivity index (χ4n) is 5.50. The minimum Gasteiger partial charge on any atom is -0.338 e. The largest absolute Gasteiger partial charge is 0.338 e. The summed E-state index contributed by atoms with van der Waals surface area (Å²) in [6, 6.07) is 33.0. The summed E-state index contributed by atoms with van der Waals surface area (Å²) >= 11 is 0. The Kier molecular flexibility index (Phi) is 6.76. The Bertz CT molecular complexity index is 1570. The molecule has 5 aromatic rings. The van der Waals surface area contributed by atoms with E-state index in [-0.39, 0.29) is 12.1 Å². The zero-order chi connectivity index (χ0) is 26.8. The average Bonchev–Trinajstić information content (AvgIpc) is 3.54. The molecule has 0 fully saturated rings. The SMILES string of the molecule is CCc1ccc([C@H]2c3cccn3-c3c(c(C)nn3-c3ccccc3)CN2C(=O)NCCc2ccccc2)cc1. The summed E-state index contributed by atoms with van der Waals surface area (Å²) in [7, 11) is 0. The monoisotopic (exact) mass is 515 g/mol. The van der Waals surface area contributed by atoms with Gasteiger partial charge in [-0.05, 0) is 60.7 Å². The van der Waals surface area contributed by atoms with Crippen LogP contribution in [0.4, 0.5) is 4.79 Å². The molecule has 0 bridgehead atoms. The third kappa shape index (κ3) is 4.74. The van der Waals surface area contributed by atoms with Gasteiger partial charge >= 0.3 is 6.03 Å². The molecule has 0 unspecified atom stereocenters. The topological polar surface area (TPSA) is 55.1 Å². The molecule has 6 rings (SSSR count). The summed E-state index contributed by atoms with van der Waals surface area (Å²) in [5.74, 6) is 0.980. The number of nitrogens with zero attached hydrogens (tertiary/aromatic N) is 4. The average molecular weight is 516 g/mol. The lowest BCUT2D eigenvalue weighted by Gasteiger charge is -2.31. The molecule has 0 saturated carbocycles. The predicted octanol–water partition coefficient (Wildman–Crippen LogP) is 6.39. The van der Waals surface area contributed by atoms with E-state index in [0.29, 0.717) is 13.1 Å². The number of rotatable bonds is 6. The number of carbonyl (C=O) groups excluding carboxylic acids is 1. The summed E-state index contributed by atoms with van der Waals surface area (Å²) < 4.78 is 4.21. The zero-order valence-electron chi connectivity index (χ0n) is 22.4. The maximum absolute atomic E-state index is 14.0. The van der Waals surface area contributed by atoms with Gasteiger partial charge in [-0.2, -0.15) is 5.10 Å². The van der Waals surface area contributed by atoms with E-state index < -0.39 is 0 Å². The first-order valence-corrected chi connectivity index (χ1v) is 13.6. The van der Waals surface area contributed by atoms with Crippen molar-refractivity contribution in [3.8, 4) is 11.5 Å². The summed E-state index contributed by atoms with van der Waals surface area (Å²) in [6.07, 6.45) is 3.84. The molecule has 6 heteroatoms. The van der Waals surface area contributed by atoms with Gasteiger partial charge in [0, 0.05) is 18.3 Å². The van der Waals surface area contributed by atoms with Crippen LogP contribution in [0.2, 0.25) is 0 Å². The standard InChI is InChI=1S/C33H33N5O/c1-3-25-16-18-27(19-17-25)31-30-15-10-22-36(30)32-29(24(2)35-38(32)28-13-8-5-9-14-28)23-37(31)33(39)34-21-20-26-11-6-4-7-12-26/h4-19,22,31H,3,20-21,23H2,1-2H3,(H,34,39)/t31-/m0/s1. The van der Waals surface area contributed by atoms with Crippen molar-refractivity contribution >= 4 is 6.03 Å². The van der Waals surface area contributed by atoms with Crippen LogP contribution >= 0.6 is 0 Å². The lowest BCUT2D eigenvalue weighted by Crippen LogP contribution is -2.42. The molecular weight excluding hydrogens is 482 g/mol. The van der Waals surface area contributed by atoms with Crippen LogP contribution in [0.1, 0.15) is 46.6 Å². The number of hydrogen-bond acceptors (Lipinski definition) is 2. The molecule has 1 aliphatic heterocycles. The number of fused-ring (bicyclic) bond motifs is 3. The molecule has 1 atom stereocenters. The van der Waals surface area contributed by atoms with Crippen LogP contribution in [0.3, 0.4) is 0 Å². The number of amides is 2. The molecule has 1 N–H and O–H groups in total. The van der Waals surface area contributed by atoms with Crippen LogP contribution < -0.4 is 5.32 Å². The number of nitrogens with one attached hydrogen (secondary N) is 1. The van der Waals surface area contributed by atoms with E-state index in [1.165, 1.54) is 11.1 Å². The van der Waals surface area contributed by atoms with Crippen LogP contribution in [-0.2, 0) is 19.4 Å². The summed E-state index contributed by atoms with van der Waals surface area (Å²) in [5, 5.41) is 8.15. The van der Waals surface area contributed by atoms with Gasteiger partial charge < -0.3 is 14.8 Å². The van der Waals surface area contributed by atoms with E-state index >= 15 is 0 Å². The van der Waals surface area contributed by atoms with E-state index in [9.17, 15) is 4.79 Å². The number of aromatic nitrogens is 3. The number of para-hydroxylation sites is 1. The van der Waals surface area contributed by atoms with Crippen molar-refractivity contribution in [2.45, 2.75) is 39.3 Å². The Morgan fingerprint density at radius 1 is 0.897 bits per heavy atom. The van der Waals surface area contributed by atoms with Crippen molar-refractivity contribution in [1.29, 1.82) is 0 Å². The van der Waals surface area contributed by atoms with E-state index in [0.717, 1.165) is 46.9 Å². The van der Waals surface area contributed by atoms with Gasteiger partial charge in [0.05, 0.1) is 29.7 Å². The third-order valence-electron chi connectivity index (χ3n) is 7.58. The van der Waals surface area contributed by atoms with Gasteiger partial charge in [-0.15, -0.1) is 0 Å². The minimum absolute atomic E-state index is 0.0806. The lowest BCUT2D eigenvalue weighted by atomic mass is 9.99. The highest BCUT2D eigenvalue weighted by molar-refractivity contribution is 5.76. The number of hydrogen-bond donors (Lipinski definition) is 1. The van der Waals surface area contributed by atoms with Crippen molar-refractivity contribution < 1.29 is 4.79 Å². The van der Waals surface area contributed by atoms with Gasteiger partial charge in [0.25, 0.3) is 0 Å². The number of carbonyl (C=O) groups is 1. The van der Waals surface area contributed by atoms with Gasteiger partial charge in [0.15, 0.2) is 0 Å². The molecule has 0 radical (unpaired) electrons. The third-order valence-corrected chi connectivity index (χ3v) is 7.58. The highest BCUT2D eigenvalue weighted by atomic mass is 16.2. The van der Waals surface area contributed by atoms with Gasteiger partial charge in [-0.1, -0.05) is 79.7 Å². The Morgan fingerprint density at radius 3 is 2.33 bits per heavy atom. The molecule has 0 aliphatic carbocycles. The lowest BCUT2D eigenvalue weighted by molar-refractivity contribution is 0.180. The Labute approximate surface area is 229 Å². The number of urea groups is 1. The Balaban J connectivity index is 1.43. The molecule has 0 saturated heterocycles. The van der Waals surface area contributed by atoms with E-state index in [2.05, 4.69) is 83.7 Å². The number of aryl methyl sites for hydroxylation is 2. The molecular formula is C33H33N5O. The summed E-state index contributed by atoms with van der Waals surface area (Å²) in [6.45, 7) is 5.21. The zero-order valence-corrected chi connectivity index (χ0v) is 22.4. The second-order valence-corrected chi connectivity index (χ2v) is 10.0. The molecule has 0 spiro atoms. The quantitative estimate of drug-likeness (QED) is 0.285. The van der Waals surface area contributed by atoms with Crippen LogP contribution in [-0.4, -0.2) is 31.8 Å². The maximum Gasteiger partial charge on any atom is 0.318 e. The van der Waals surface area contributed by atoms with Crippen molar-refractivity contribution in [2.24, 2.45) is 0 Å². The smallest absolute Gasteiger partial charge is 0.318 e. The van der Waals surface area contributed by atoms with Gasteiger partial charge in [0.2, 0.25) is 0 Å². The van der Waals surface area contributed by atoms with E-state index in [1.54, 1.807) is 0 Å². The fourth-order valence-corrected chi connectivity index (χ4v) is 5.50. The normalized spacial score (nSPS) is 14.4. The van der Waals surface area contributed by atoms with Crippen LogP contribution in [0.5, 0.6) is 0 Å². The summed E-state index contributed by atoms with van der Waals surface area (Å²) in [5.41, 5.74) is 7.56. The van der Waals surface area contributed by atoms with E-state index in [1.807, 2.05) is 52.9 Å². The molecule has 2 amide bonds. The van der Waals surface area contributed by atoms with Crippen LogP contribution in [0, 0.1) is 6.92 Å². The van der Waals surface area contributed by atoms with Gasteiger partial charge in [0.1, 0.15) is 5.82 Å². The van der Waals surface area contributed by atoms with Crippen molar-refractivity contribution in [3.05, 3.63) is 137 Å². The van der Waals surface area contributed by atoms with Crippen LogP contribution in [0.25, 0.3) is 11.5 Å². The van der Waals surface area contributed by atoms with Crippen molar-refractivity contribution in [3.63, 3.8) is 0 Å². The number of benzene rings is 3. The Hall–Kier alpha value is -4.58. The fraction of sp³-hybridized carbons (Fsp3) is 0.212. The van der Waals surface area contributed by atoms with Crippen molar-refractivity contribution in [2.75, 3.05) is 6.54 Å². The molecule has 1 aliphatic rings. The molecule has 39 heavy (non-hydrogen) atoms. The van der Waals surface area contributed by atoms with Gasteiger partial charge in [-0.3, -0.25) is 0 Å². The first-order valence-electron chi connectivity index (χ1n) is 13.6. The summed E-state index contributed by atoms with van der Waals surface area (Å²) in [4.78, 5) is 15.9. The minimum atomic E-state index is -0.251. The first kappa shape index (κ1) is 24.7. The van der Waals surface area contributed by atoms with Crippen molar-refractivity contribution in [1.82, 2.24) is 24.6 Å². The first-order chi connectivity index (χ1) is 19.1. The Morgan fingerprint density at radius 2 is 1.62 bits per heavy atom. The second kappa shape index (κ2) is 10.7.